The minimum Gasteiger partial charge on any atom is -0.337 e. The maximum atomic E-state index is 12.1. The van der Waals surface area contributed by atoms with Crippen LogP contribution in [0.4, 0.5) is 0 Å². The summed E-state index contributed by atoms with van der Waals surface area (Å²) in [6, 6.07) is 13.5. The van der Waals surface area contributed by atoms with E-state index in [0.717, 1.165) is 10.4 Å². The van der Waals surface area contributed by atoms with Gasteiger partial charge in [-0.1, -0.05) is 41.6 Å². The molecule has 1 aromatic carbocycles. The van der Waals surface area contributed by atoms with E-state index in [-0.39, 0.29) is 12.5 Å². The summed E-state index contributed by atoms with van der Waals surface area (Å²) >= 11 is 1.54. The van der Waals surface area contributed by atoms with Gasteiger partial charge in [-0.25, -0.2) is 0 Å². The molecule has 0 fully saturated rings. The standard InChI is InChI=1S/C17H15N3O2S/c1-20(16(21)10-9-13-6-3-2-4-7-13)12-15-18-17(19-22-15)14-8-5-11-23-14/h2-11H,12H2,1H3/b10-9+. The Labute approximate surface area is 137 Å². The number of hydrogen-bond donors (Lipinski definition) is 0. The van der Waals surface area contributed by atoms with Crippen molar-refractivity contribution in [3.63, 3.8) is 0 Å². The molecule has 3 rings (SSSR count). The predicted molar refractivity (Wildman–Crippen MR) is 89.6 cm³/mol. The molecule has 5 nitrogen and oxygen atoms in total. The Morgan fingerprint density at radius 3 is 2.83 bits per heavy atom. The smallest absolute Gasteiger partial charge is 0.246 e. The van der Waals surface area contributed by atoms with E-state index in [4.69, 9.17) is 4.52 Å². The van der Waals surface area contributed by atoms with Gasteiger partial charge < -0.3 is 9.42 Å². The Balaban J connectivity index is 1.61. The summed E-state index contributed by atoms with van der Waals surface area (Å²) in [5.41, 5.74) is 0.979. The summed E-state index contributed by atoms with van der Waals surface area (Å²) in [4.78, 5) is 18.9. The van der Waals surface area contributed by atoms with Gasteiger partial charge in [0.05, 0.1) is 11.4 Å². The summed E-state index contributed by atoms with van der Waals surface area (Å²) in [6.45, 7) is 0.274. The van der Waals surface area contributed by atoms with Crippen LogP contribution in [0.5, 0.6) is 0 Å². The molecule has 0 saturated heterocycles. The van der Waals surface area contributed by atoms with Gasteiger partial charge in [0, 0.05) is 13.1 Å². The lowest BCUT2D eigenvalue weighted by molar-refractivity contribution is -0.125. The SMILES string of the molecule is CN(Cc1nc(-c2cccs2)no1)C(=O)/C=C/c1ccccc1. The van der Waals surface area contributed by atoms with Crippen molar-refractivity contribution >= 4 is 23.3 Å². The topological polar surface area (TPSA) is 59.2 Å². The number of nitrogens with zero attached hydrogens (tertiary/aromatic N) is 3. The molecular weight excluding hydrogens is 310 g/mol. The van der Waals surface area contributed by atoms with Crippen LogP contribution in [0, 0.1) is 0 Å². The van der Waals surface area contributed by atoms with E-state index >= 15 is 0 Å². The molecule has 1 amide bonds. The van der Waals surface area contributed by atoms with E-state index in [1.54, 1.807) is 24.5 Å². The number of likely N-dealkylation sites (N-methyl/N-ethyl adjacent to an activating group) is 1. The highest BCUT2D eigenvalue weighted by Crippen LogP contribution is 2.21. The molecule has 0 N–H and O–H groups in total. The maximum Gasteiger partial charge on any atom is 0.246 e. The summed E-state index contributed by atoms with van der Waals surface area (Å²) in [5.74, 6) is 0.845. The minimum absolute atomic E-state index is 0.121. The highest BCUT2D eigenvalue weighted by Gasteiger charge is 2.13. The van der Waals surface area contributed by atoms with Crippen LogP contribution in [0.15, 0.2) is 58.4 Å². The number of aromatic nitrogens is 2. The summed E-state index contributed by atoms with van der Waals surface area (Å²) < 4.78 is 5.20. The van der Waals surface area contributed by atoms with Gasteiger partial charge in [0.15, 0.2) is 0 Å². The Kier molecular flexibility index (Phi) is 4.63. The second-order valence-electron chi connectivity index (χ2n) is 4.93. The molecule has 0 aliphatic carbocycles. The van der Waals surface area contributed by atoms with Crippen molar-refractivity contribution in [2.45, 2.75) is 6.54 Å². The van der Waals surface area contributed by atoms with Gasteiger partial charge in [-0.05, 0) is 23.1 Å². The zero-order valence-electron chi connectivity index (χ0n) is 12.5. The van der Waals surface area contributed by atoms with Gasteiger partial charge in [-0.2, -0.15) is 4.98 Å². The van der Waals surface area contributed by atoms with Crippen LogP contribution < -0.4 is 0 Å². The second kappa shape index (κ2) is 7.02. The fourth-order valence-corrected chi connectivity index (χ4v) is 2.61. The lowest BCUT2D eigenvalue weighted by atomic mass is 10.2. The highest BCUT2D eigenvalue weighted by molar-refractivity contribution is 7.13. The molecule has 3 aromatic rings. The Morgan fingerprint density at radius 2 is 2.09 bits per heavy atom. The van der Waals surface area contributed by atoms with Crippen molar-refractivity contribution in [2.75, 3.05) is 7.05 Å². The monoisotopic (exact) mass is 325 g/mol. The molecule has 0 atom stereocenters. The third-order valence-electron chi connectivity index (χ3n) is 3.18. The van der Waals surface area contributed by atoms with Crippen LogP contribution in [0.2, 0.25) is 0 Å². The van der Waals surface area contributed by atoms with Crippen LogP contribution in [0.25, 0.3) is 16.8 Å². The number of carbonyl (C=O) groups is 1. The molecule has 6 heteroatoms. The normalized spacial score (nSPS) is 11.0. The first kappa shape index (κ1) is 15.2. The Hall–Kier alpha value is -2.73. The zero-order chi connectivity index (χ0) is 16.1. The third kappa shape index (κ3) is 3.92. The number of carbonyl (C=O) groups excluding carboxylic acids is 1. The second-order valence-corrected chi connectivity index (χ2v) is 5.88. The zero-order valence-corrected chi connectivity index (χ0v) is 13.4. The van der Waals surface area contributed by atoms with E-state index in [1.807, 2.05) is 47.8 Å². The first-order valence-electron chi connectivity index (χ1n) is 7.07. The van der Waals surface area contributed by atoms with Crippen molar-refractivity contribution < 1.29 is 9.32 Å². The Morgan fingerprint density at radius 1 is 1.26 bits per heavy atom. The fraction of sp³-hybridized carbons (Fsp3) is 0.118. The van der Waals surface area contributed by atoms with E-state index in [9.17, 15) is 4.79 Å². The van der Waals surface area contributed by atoms with Gasteiger partial charge in [0.2, 0.25) is 17.6 Å². The van der Waals surface area contributed by atoms with Gasteiger partial charge in [-0.3, -0.25) is 4.79 Å². The maximum absolute atomic E-state index is 12.1. The van der Waals surface area contributed by atoms with E-state index in [2.05, 4.69) is 10.1 Å². The number of rotatable bonds is 5. The van der Waals surface area contributed by atoms with E-state index in [0.29, 0.717) is 11.7 Å². The minimum atomic E-state index is -0.121. The van der Waals surface area contributed by atoms with Crippen LogP contribution in [-0.2, 0) is 11.3 Å². The van der Waals surface area contributed by atoms with Crippen molar-refractivity contribution in [1.82, 2.24) is 15.0 Å². The highest BCUT2D eigenvalue weighted by atomic mass is 32.1. The lowest BCUT2D eigenvalue weighted by Gasteiger charge is -2.11. The third-order valence-corrected chi connectivity index (χ3v) is 4.04. The summed E-state index contributed by atoms with van der Waals surface area (Å²) in [6.07, 6.45) is 3.32. The number of hydrogen-bond acceptors (Lipinski definition) is 5. The molecule has 0 radical (unpaired) electrons. The molecule has 0 spiro atoms. The van der Waals surface area contributed by atoms with Crippen molar-refractivity contribution in [2.24, 2.45) is 0 Å². The molecule has 0 unspecified atom stereocenters. The van der Waals surface area contributed by atoms with Gasteiger partial charge in [-0.15, -0.1) is 11.3 Å². The molecular formula is C17H15N3O2S. The molecule has 0 aliphatic rings. The predicted octanol–water partition coefficient (Wildman–Crippen LogP) is 3.47. The summed E-state index contributed by atoms with van der Waals surface area (Å²) in [7, 11) is 1.70. The Bertz CT molecular complexity index is 794. The quantitative estimate of drug-likeness (QED) is 0.674. The van der Waals surface area contributed by atoms with Crippen molar-refractivity contribution in [1.29, 1.82) is 0 Å². The van der Waals surface area contributed by atoms with Gasteiger partial charge >= 0.3 is 0 Å². The fourth-order valence-electron chi connectivity index (χ4n) is 1.96. The molecule has 2 aromatic heterocycles. The summed E-state index contributed by atoms with van der Waals surface area (Å²) in [5, 5.41) is 5.89. The molecule has 0 saturated carbocycles. The first-order chi connectivity index (χ1) is 11.2. The molecule has 0 aliphatic heterocycles. The molecule has 2 heterocycles. The number of benzene rings is 1. The largest absolute Gasteiger partial charge is 0.337 e. The van der Waals surface area contributed by atoms with Crippen molar-refractivity contribution in [3.8, 4) is 10.7 Å². The lowest BCUT2D eigenvalue weighted by Crippen LogP contribution is -2.24. The van der Waals surface area contributed by atoms with E-state index in [1.165, 1.54) is 11.0 Å². The van der Waals surface area contributed by atoms with Crippen LogP contribution in [0.3, 0.4) is 0 Å². The average molecular weight is 325 g/mol. The van der Waals surface area contributed by atoms with Crippen LogP contribution in [0.1, 0.15) is 11.5 Å². The number of thiophene rings is 1. The molecule has 0 bridgehead atoms. The van der Waals surface area contributed by atoms with Crippen molar-refractivity contribution in [3.05, 3.63) is 65.4 Å². The van der Waals surface area contributed by atoms with E-state index < -0.39 is 0 Å². The molecule has 23 heavy (non-hydrogen) atoms. The molecule has 116 valence electrons. The average Bonchev–Trinajstić information content (AvgIpc) is 3.24. The van der Waals surface area contributed by atoms with Gasteiger partial charge in [0.1, 0.15) is 0 Å². The first-order valence-corrected chi connectivity index (χ1v) is 7.95. The van der Waals surface area contributed by atoms with Gasteiger partial charge in [0.25, 0.3) is 0 Å². The van der Waals surface area contributed by atoms with Crippen LogP contribution >= 0.6 is 11.3 Å². The number of amides is 1. The van der Waals surface area contributed by atoms with Crippen LogP contribution in [-0.4, -0.2) is 28.0 Å².